The lowest BCUT2D eigenvalue weighted by Gasteiger charge is -2.32. The fraction of sp³-hybridized carbons (Fsp3) is 0.261. The maximum absolute atomic E-state index is 12.8. The van der Waals surface area contributed by atoms with E-state index in [1.807, 2.05) is 30.3 Å². The van der Waals surface area contributed by atoms with E-state index in [4.69, 9.17) is 16.3 Å². The number of urea groups is 1. The zero-order chi connectivity index (χ0) is 21.8. The average Bonchev–Trinajstić information content (AvgIpc) is 3.16. The van der Waals surface area contributed by atoms with Crippen LogP contribution in [0.2, 0.25) is 5.02 Å². The molecule has 0 fully saturated rings. The topological polar surface area (TPSA) is 87.7 Å². The van der Waals surface area contributed by atoms with Crippen LogP contribution in [0.5, 0.6) is 0 Å². The Kier molecular flexibility index (Phi) is 6.23. The minimum atomic E-state index is -0.712. The maximum Gasteiger partial charge on any atom is 0.338 e. The predicted molar refractivity (Wildman–Crippen MR) is 115 cm³/mol. The van der Waals surface area contributed by atoms with Crippen molar-refractivity contribution in [3.63, 3.8) is 0 Å². The molecule has 2 aliphatic heterocycles. The first-order chi connectivity index (χ1) is 15.0. The number of nitrogens with zero attached hydrogens (tertiary/aromatic N) is 1. The van der Waals surface area contributed by atoms with Gasteiger partial charge in [0.1, 0.15) is 13.2 Å². The van der Waals surface area contributed by atoms with E-state index in [-0.39, 0.29) is 19.1 Å². The van der Waals surface area contributed by atoms with Gasteiger partial charge in [0.05, 0.1) is 17.3 Å². The highest BCUT2D eigenvalue weighted by atomic mass is 35.5. The van der Waals surface area contributed by atoms with Crippen molar-refractivity contribution in [1.29, 1.82) is 0 Å². The third-order valence-electron chi connectivity index (χ3n) is 5.32. The van der Waals surface area contributed by atoms with E-state index in [1.54, 1.807) is 24.3 Å². The highest BCUT2D eigenvalue weighted by molar-refractivity contribution is 6.31. The summed E-state index contributed by atoms with van der Waals surface area (Å²) in [6.07, 6.45) is 1.63. The molecule has 0 aliphatic carbocycles. The van der Waals surface area contributed by atoms with Crippen LogP contribution in [0.4, 0.5) is 4.79 Å². The number of halogens is 1. The Hall–Kier alpha value is -3.32. The normalized spacial score (nSPS) is 17.8. The maximum atomic E-state index is 12.8. The first-order valence-corrected chi connectivity index (χ1v) is 10.5. The number of rotatable bonds is 7. The Morgan fingerprint density at radius 1 is 1.13 bits per heavy atom. The van der Waals surface area contributed by atoms with Gasteiger partial charge in [0, 0.05) is 11.6 Å². The summed E-state index contributed by atoms with van der Waals surface area (Å²) < 4.78 is 5.18. The molecule has 31 heavy (non-hydrogen) atoms. The average molecular weight is 440 g/mol. The van der Waals surface area contributed by atoms with Crippen molar-refractivity contribution in [3.05, 3.63) is 82.0 Å². The quantitative estimate of drug-likeness (QED) is 0.513. The minimum Gasteiger partial charge on any atom is -0.456 e. The molecule has 4 rings (SSSR count). The SMILES string of the molecule is O=C(CN1C(=O)N[C@H](c2ccccc2Cl)C2=C1COC2=O)NCCCc1ccccc1. The van der Waals surface area contributed by atoms with E-state index >= 15 is 0 Å². The molecular formula is C23H22ClN3O4. The molecule has 160 valence electrons. The smallest absolute Gasteiger partial charge is 0.338 e. The van der Waals surface area contributed by atoms with Crippen molar-refractivity contribution in [2.24, 2.45) is 0 Å². The molecule has 1 atom stereocenters. The molecule has 2 heterocycles. The molecule has 0 saturated carbocycles. The van der Waals surface area contributed by atoms with Crippen molar-refractivity contribution in [3.8, 4) is 0 Å². The number of aryl methyl sites for hydroxylation is 1. The lowest BCUT2D eigenvalue weighted by atomic mass is 9.95. The van der Waals surface area contributed by atoms with Crippen LogP contribution in [0.3, 0.4) is 0 Å². The Morgan fingerprint density at radius 3 is 2.65 bits per heavy atom. The van der Waals surface area contributed by atoms with Crippen molar-refractivity contribution in [2.75, 3.05) is 19.7 Å². The molecule has 0 aromatic heterocycles. The van der Waals surface area contributed by atoms with Gasteiger partial charge in [0.15, 0.2) is 0 Å². The number of hydrogen-bond donors (Lipinski definition) is 2. The fourth-order valence-corrected chi connectivity index (χ4v) is 4.03. The summed E-state index contributed by atoms with van der Waals surface area (Å²) in [5, 5.41) is 6.05. The van der Waals surface area contributed by atoms with Crippen LogP contribution in [-0.2, 0) is 20.7 Å². The van der Waals surface area contributed by atoms with E-state index in [2.05, 4.69) is 10.6 Å². The molecule has 0 saturated heterocycles. The third kappa shape index (κ3) is 4.56. The fourth-order valence-electron chi connectivity index (χ4n) is 3.79. The Morgan fingerprint density at radius 2 is 1.87 bits per heavy atom. The highest BCUT2D eigenvalue weighted by Crippen LogP contribution is 2.37. The van der Waals surface area contributed by atoms with Crippen molar-refractivity contribution >= 4 is 29.5 Å². The third-order valence-corrected chi connectivity index (χ3v) is 5.67. The van der Waals surface area contributed by atoms with Gasteiger partial charge in [0.25, 0.3) is 0 Å². The number of amides is 3. The van der Waals surface area contributed by atoms with Crippen LogP contribution in [0, 0.1) is 0 Å². The van der Waals surface area contributed by atoms with Crippen LogP contribution in [0.1, 0.15) is 23.6 Å². The first kappa shape index (κ1) is 20.9. The monoisotopic (exact) mass is 439 g/mol. The molecule has 2 aliphatic rings. The van der Waals surface area contributed by atoms with E-state index in [9.17, 15) is 14.4 Å². The van der Waals surface area contributed by atoms with Crippen molar-refractivity contribution in [2.45, 2.75) is 18.9 Å². The van der Waals surface area contributed by atoms with E-state index in [0.29, 0.717) is 28.4 Å². The van der Waals surface area contributed by atoms with E-state index < -0.39 is 18.0 Å². The van der Waals surface area contributed by atoms with Gasteiger partial charge in [-0.1, -0.05) is 60.1 Å². The number of carbonyl (C=O) groups is 3. The number of nitrogens with one attached hydrogen (secondary N) is 2. The van der Waals surface area contributed by atoms with Crippen LogP contribution >= 0.6 is 11.6 Å². The molecule has 2 aromatic rings. The van der Waals surface area contributed by atoms with Gasteiger partial charge < -0.3 is 15.4 Å². The van der Waals surface area contributed by atoms with Gasteiger partial charge in [0.2, 0.25) is 5.91 Å². The number of ether oxygens (including phenoxy) is 1. The summed E-state index contributed by atoms with van der Waals surface area (Å²) in [7, 11) is 0. The molecule has 7 nitrogen and oxygen atoms in total. The van der Waals surface area contributed by atoms with Crippen LogP contribution in [0.25, 0.3) is 0 Å². The standard InChI is InChI=1S/C23H22ClN3O4/c24-17-11-5-4-10-16(17)21-20-18(14-31-22(20)29)27(23(30)26-21)13-19(28)25-12-6-9-15-7-2-1-3-8-15/h1-5,7-8,10-11,21H,6,9,12-14H2,(H,25,28)(H,26,30)/t21-/m1/s1. The number of benzene rings is 2. The molecule has 3 amide bonds. The van der Waals surface area contributed by atoms with Crippen LogP contribution in [-0.4, -0.2) is 42.5 Å². The zero-order valence-corrected chi connectivity index (χ0v) is 17.5. The predicted octanol–water partition coefficient (Wildman–Crippen LogP) is 2.97. The Bertz CT molecular complexity index is 1040. The van der Waals surface area contributed by atoms with Crippen LogP contribution in [0.15, 0.2) is 65.9 Å². The number of esters is 1. The van der Waals surface area contributed by atoms with Gasteiger partial charge >= 0.3 is 12.0 Å². The summed E-state index contributed by atoms with van der Waals surface area (Å²) in [5.74, 6) is -0.821. The number of hydrogen-bond acceptors (Lipinski definition) is 4. The Balaban J connectivity index is 1.42. The summed E-state index contributed by atoms with van der Waals surface area (Å²) in [6, 6.07) is 15.8. The lowest BCUT2D eigenvalue weighted by Crippen LogP contribution is -2.50. The lowest BCUT2D eigenvalue weighted by molar-refractivity contribution is -0.136. The molecule has 0 bridgehead atoms. The summed E-state index contributed by atoms with van der Waals surface area (Å²) in [6.45, 7) is 0.248. The van der Waals surface area contributed by atoms with Gasteiger partial charge in [-0.2, -0.15) is 0 Å². The Labute approximate surface area is 185 Å². The number of carbonyl (C=O) groups excluding carboxylic acids is 3. The molecule has 8 heteroatoms. The van der Waals surface area contributed by atoms with Gasteiger partial charge in [-0.3, -0.25) is 9.69 Å². The highest BCUT2D eigenvalue weighted by Gasteiger charge is 2.43. The molecule has 0 unspecified atom stereocenters. The molecule has 0 radical (unpaired) electrons. The van der Waals surface area contributed by atoms with Gasteiger partial charge in [-0.25, -0.2) is 9.59 Å². The van der Waals surface area contributed by atoms with Gasteiger partial charge in [-0.15, -0.1) is 0 Å². The zero-order valence-electron chi connectivity index (χ0n) is 16.8. The second-order valence-electron chi connectivity index (χ2n) is 7.37. The number of cyclic esters (lactones) is 1. The molecule has 2 aromatic carbocycles. The van der Waals surface area contributed by atoms with Crippen LogP contribution < -0.4 is 10.6 Å². The minimum absolute atomic E-state index is 0.0518. The summed E-state index contributed by atoms with van der Waals surface area (Å²) in [5.41, 5.74) is 2.52. The largest absolute Gasteiger partial charge is 0.456 e. The van der Waals surface area contributed by atoms with E-state index in [1.165, 1.54) is 10.5 Å². The molecule has 0 spiro atoms. The van der Waals surface area contributed by atoms with E-state index in [0.717, 1.165) is 12.8 Å². The van der Waals surface area contributed by atoms with Crippen molar-refractivity contribution in [1.82, 2.24) is 15.5 Å². The second kappa shape index (κ2) is 9.22. The molecular weight excluding hydrogens is 418 g/mol. The first-order valence-electron chi connectivity index (χ1n) is 10.1. The summed E-state index contributed by atoms with van der Waals surface area (Å²) in [4.78, 5) is 38.9. The molecule has 2 N–H and O–H groups in total. The van der Waals surface area contributed by atoms with Gasteiger partial charge in [-0.05, 0) is 30.0 Å². The second-order valence-corrected chi connectivity index (χ2v) is 7.77. The van der Waals surface area contributed by atoms with Crippen molar-refractivity contribution < 1.29 is 19.1 Å². The summed E-state index contributed by atoms with van der Waals surface area (Å²) >= 11 is 6.28.